The molecule has 4 nitrogen and oxygen atoms in total. The monoisotopic (exact) mass is 515 g/mol. The molecule has 2 aliphatic carbocycles. The molecule has 196 valence electrons. The minimum absolute atomic E-state index is 0.118. The van der Waals surface area contributed by atoms with Gasteiger partial charge in [0.1, 0.15) is 0 Å². The molecule has 1 saturated heterocycles. The Kier molecular flexibility index (Phi) is 7.34. The maximum absolute atomic E-state index is 13.7. The number of nitrogens with zero attached hydrogens (tertiary/aromatic N) is 3. The SMILES string of the molecule is Cc1ccc(N2CCN(C(=O)[C@@H]3CCC4Sc5ccccc5C(C5CCCCC5)=NC4C3)CC2)c(C)c1. The standard InChI is InChI=1S/C32H41N3OS/c1-22-12-14-28(23(2)20-22)34-16-18-35(19-17-34)32(36)25-13-15-30-27(21-25)33-31(24-8-4-3-5-9-24)26-10-6-7-11-29(26)37-30/h6-7,10-12,14,20,24-25,27,30H,3-5,8-9,13,15-19,21H2,1-2H3/t25-,27?,30?/m1/s1. The zero-order chi connectivity index (χ0) is 25.4. The molecule has 6 rings (SSSR count). The Morgan fingerprint density at radius 2 is 1.70 bits per heavy atom. The van der Waals surface area contributed by atoms with Gasteiger partial charge in [-0.2, -0.15) is 0 Å². The van der Waals surface area contributed by atoms with Gasteiger partial charge in [-0.1, -0.05) is 55.2 Å². The first-order valence-corrected chi connectivity index (χ1v) is 15.4. The van der Waals surface area contributed by atoms with Crippen LogP contribution in [0.5, 0.6) is 0 Å². The van der Waals surface area contributed by atoms with Crippen molar-refractivity contribution >= 4 is 29.1 Å². The molecule has 4 aliphatic rings. The molecule has 2 saturated carbocycles. The Morgan fingerprint density at radius 3 is 2.49 bits per heavy atom. The number of carbonyl (C=O) groups excluding carboxylic acids is 1. The van der Waals surface area contributed by atoms with Crippen LogP contribution in [0.4, 0.5) is 5.69 Å². The number of aliphatic imine (C=N–C) groups is 1. The van der Waals surface area contributed by atoms with E-state index in [1.807, 2.05) is 11.8 Å². The third kappa shape index (κ3) is 5.21. The highest BCUT2D eigenvalue weighted by Gasteiger charge is 2.39. The largest absolute Gasteiger partial charge is 0.368 e. The van der Waals surface area contributed by atoms with E-state index < -0.39 is 0 Å². The maximum Gasteiger partial charge on any atom is 0.225 e. The number of hydrogen-bond donors (Lipinski definition) is 0. The minimum Gasteiger partial charge on any atom is -0.368 e. The molecule has 37 heavy (non-hydrogen) atoms. The fraction of sp³-hybridized carbons (Fsp3) is 0.562. The van der Waals surface area contributed by atoms with Crippen LogP contribution in [-0.2, 0) is 4.79 Å². The summed E-state index contributed by atoms with van der Waals surface area (Å²) in [6.07, 6.45) is 9.54. The minimum atomic E-state index is 0.118. The van der Waals surface area contributed by atoms with E-state index in [2.05, 4.69) is 66.1 Å². The summed E-state index contributed by atoms with van der Waals surface area (Å²) < 4.78 is 0. The summed E-state index contributed by atoms with van der Waals surface area (Å²) >= 11 is 2.03. The Labute approximate surface area is 226 Å². The number of anilines is 1. The second-order valence-corrected chi connectivity index (χ2v) is 13.0. The van der Waals surface area contributed by atoms with E-state index in [0.29, 0.717) is 17.1 Å². The second kappa shape index (κ2) is 10.8. The highest BCUT2D eigenvalue weighted by Crippen LogP contribution is 2.44. The van der Waals surface area contributed by atoms with E-state index in [-0.39, 0.29) is 12.0 Å². The van der Waals surface area contributed by atoms with Crippen LogP contribution in [0, 0.1) is 25.7 Å². The molecule has 0 N–H and O–H groups in total. The van der Waals surface area contributed by atoms with Gasteiger partial charge in [-0.25, -0.2) is 0 Å². The first kappa shape index (κ1) is 25.0. The van der Waals surface area contributed by atoms with Crippen molar-refractivity contribution in [2.45, 2.75) is 81.4 Å². The molecular weight excluding hydrogens is 474 g/mol. The predicted octanol–water partition coefficient (Wildman–Crippen LogP) is 6.66. The van der Waals surface area contributed by atoms with E-state index in [1.165, 1.54) is 65.1 Å². The zero-order valence-electron chi connectivity index (χ0n) is 22.5. The van der Waals surface area contributed by atoms with Gasteiger partial charge in [-0.3, -0.25) is 9.79 Å². The number of fused-ring (bicyclic) bond motifs is 2. The molecule has 3 atom stereocenters. The normalized spacial score (nSPS) is 26.6. The fourth-order valence-electron chi connectivity index (χ4n) is 7.10. The van der Waals surface area contributed by atoms with Crippen LogP contribution in [0.25, 0.3) is 0 Å². The molecule has 2 aromatic rings. The first-order valence-electron chi connectivity index (χ1n) is 14.5. The van der Waals surface area contributed by atoms with Gasteiger partial charge in [-0.05, 0) is 63.6 Å². The number of hydrogen-bond acceptors (Lipinski definition) is 4. The molecule has 1 amide bonds. The molecule has 0 aromatic heterocycles. The lowest BCUT2D eigenvalue weighted by atomic mass is 9.81. The van der Waals surface area contributed by atoms with Crippen molar-refractivity contribution in [3.63, 3.8) is 0 Å². The number of aryl methyl sites for hydroxylation is 2. The molecule has 0 spiro atoms. The van der Waals surface area contributed by atoms with Gasteiger partial charge in [0.2, 0.25) is 5.91 Å². The highest BCUT2D eigenvalue weighted by atomic mass is 32.2. The van der Waals surface area contributed by atoms with Crippen LogP contribution in [0.3, 0.4) is 0 Å². The van der Waals surface area contributed by atoms with Crippen molar-refractivity contribution in [2.24, 2.45) is 16.8 Å². The quantitative estimate of drug-likeness (QED) is 0.458. The average Bonchev–Trinajstić information content (AvgIpc) is 3.10. The number of benzene rings is 2. The summed E-state index contributed by atoms with van der Waals surface area (Å²) in [5.74, 6) is 1.08. The topological polar surface area (TPSA) is 35.9 Å². The van der Waals surface area contributed by atoms with Crippen molar-refractivity contribution in [3.05, 3.63) is 59.2 Å². The van der Waals surface area contributed by atoms with Crippen molar-refractivity contribution in [2.75, 3.05) is 31.1 Å². The number of piperazine rings is 1. The third-order valence-electron chi connectivity index (χ3n) is 9.13. The maximum atomic E-state index is 13.7. The number of thioether (sulfide) groups is 1. The molecule has 0 radical (unpaired) electrons. The molecule has 5 heteroatoms. The molecule has 0 bridgehead atoms. The van der Waals surface area contributed by atoms with Gasteiger partial charge >= 0.3 is 0 Å². The van der Waals surface area contributed by atoms with Crippen LogP contribution >= 0.6 is 11.8 Å². The molecule has 2 aliphatic heterocycles. The highest BCUT2D eigenvalue weighted by molar-refractivity contribution is 8.00. The number of carbonyl (C=O) groups is 1. The van der Waals surface area contributed by atoms with Crippen LogP contribution in [0.1, 0.15) is 68.1 Å². The lowest BCUT2D eigenvalue weighted by Gasteiger charge is -2.40. The van der Waals surface area contributed by atoms with E-state index >= 15 is 0 Å². The van der Waals surface area contributed by atoms with Gasteiger partial charge in [0.25, 0.3) is 0 Å². The molecule has 2 aromatic carbocycles. The summed E-state index contributed by atoms with van der Waals surface area (Å²) in [5.41, 5.74) is 6.68. The number of rotatable bonds is 3. The van der Waals surface area contributed by atoms with Gasteiger partial charge in [0.05, 0.1) is 6.04 Å². The zero-order valence-corrected chi connectivity index (χ0v) is 23.3. The van der Waals surface area contributed by atoms with Gasteiger partial charge < -0.3 is 9.80 Å². The van der Waals surface area contributed by atoms with Crippen LogP contribution in [-0.4, -0.2) is 54.0 Å². The Balaban J connectivity index is 1.15. The third-order valence-corrected chi connectivity index (χ3v) is 10.6. The Hall–Kier alpha value is -2.27. The molecule has 2 unspecified atom stereocenters. The van der Waals surface area contributed by atoms with Crippen molar-refractivity contribution in [1.82, 2.24) is 4.90 Å². The van der Waals surface area contributed by atoms with Crippen LogP contribution < -0.4 is 4.90 Å². The lowest BCUT2D eigenvalue weighted by Crippen LogP contribution is -2.51. The van der Waals surface area contributed by atoms with Crippen molar-refractivity contribution in [3.8, 4) is 0 Å². The van der Waals surface area contributed by atoms with Crippen molar-refractivity contribution < 1.29 is 4.79 Å². The summed E-state index contributed by atoms with van der Waals surface area (Å²) in [7, 11) is 0. The van der Waals surface area contributed by atoms with E-state index in [0.717, 1.165) is 45.4 Å². The second-order valence-electron chi connectivity index (χ2n) is 11.7. The van der Waals surface area contributed by atoms with Gasteiger partial charge in [-0.15, -0.1) is 11.8 Å². The van der Waals surface area contributed by atoms with E-state index in [4.69, 9.17) is 4.99 Å². The van der Waals surface area contributed by atoms with Crippen molar-refractivity contribution in [1.29, 1.82) is 0 Å². The van der Waals surface area contributed by atoms with Gasteiger partial charge in [0.15, 0.2) is 0 Å². The summed E-state index contributed by atoms with van der Waals surface area (Å²) in [5, 5.41) is 0.493. The Bertz CT molecular complexity index is 1160. The van der Waals surface area contributed by atoms with Crippen LogP contribution in [0.15, 0.2) is 52.4 Å². The average molecular weight is 516 g/mol. The van der Waals surface area contributed by atoms with E-state index in [9.17, 15) is 4.79 Å². The summed E-state index contributed by atoms with van der Waals surface area (Å²) in [6.45, 7) is 7.84. The van der Waals surface area contributed by atoms with Crippen LogP contribution in [0.2, 0.25) is 0 Å². The summed E-state index contributed by atoms with van der Waals surface area (Å²) in [6, 6.07) is 15.9. The number of amides is 1. The molecule has 3 fully saturated rings. The smallest absolute Gasteiger partial charge is 0.225 e. The lowest BCUT2D eigenvalue weighted by molar-refractivity contribution is -0.137. The first-order chi connectivity index (χ1) is 18.1. The summed E-state index contributed by atoms with van der Waals surface area (Å²) in [4.78, 5) is 25.3. The molecular formula is C32H41N3OS. The van der Waals surface area contributed by atoms with Gasteiger partial charge in [0, 0.05) is 65.1 Å². The Morgan fingerprint density at radius 1 is 0.919 bits per heavy atom. The predicted molar refractivity (Wildman–Crippen MR) is 155 cm³/mol. The molecule has 2 heterocycles. The fourth-order valence-corrected chi connectivity index (χ4v) is 8.46. The van der Waals surface area contributed by atoms with E-state index in [1.54, 1.807) is 0 Å².